The molecule has 258 valence electrons. The van der Waals surface area contributed by atoms with Crippen LogP contribution in [-0.2, 0) is 0 Å². The third-order valence-electron chi connectivity index (χ3n) is 10.2. The summed E-state index contributed by atoms with van der Waals surface area (Å²) in [6.07, 6.45) is 2.60. The minimum atomic E-state index is -0.234. The van der Waals surface area contributed by atoms with Crippen LogP contribution in [0, 0.1) is 6.92 Å². The average Bonchev–Trinajstić information content (AvgIpc) is 3.57. The molecular weight excluding hydrogens is 657 g/mol. The van der Waals surface area contributed by atoms with Gasteiger partial charge in [-0.1, -0.05) is 152 Å². The number of aliphatic imine (C=N–C) groups is 2. The number of benzene rings is 7. The quantitative estimate of drug-likeness (QED) is 0.153. The van der Waals surface area contributed by atoms with Crippen molar-refractivity contribution >= 4 is 22.5 Å². The Morgan fingerprint density at radius 1 is 0.537 bits per heavy atom. The summed E-state index contributed by atoms with van der Waals surface area (Å²) >= 11 is 0. The maximum absolute atomic E-state index is 5.27. The molecule has 1 atom stereocenters. The van der Waals surface area contributed by atoms with Crippen molar-refractivity contribution in [3.63, 3.8) is 0 Å². The lowest BCUT2D eigenvalue weighted by atomic mass is 9.92. The fraction of sp³-hybridized carbons (Fsp3) is 0.0600. The lowest BCUT2D eigenvalue weighted by molar-refractivity contribution is 0.841. The monoisotopic (exact) mass is 694 g/mol. The van der Waals surface area contributed by atoms with Crippen LogP contribution in [0.2, 0.25) is 0 Å². The van der Waals surface area contributed by atoms with E-state index in [9.17, 15) is 0 Å². The molecule has 9 rings (SSSR count). The van der Waals surface area contributed by atoms with Gasteiger partial charge in [0.25, 0.3) is 0 Å². The Morgan fingerprint density at radius 3 is 1.87 bits per heavy atom. The van der Waals surface area contributed by atoms with Crippen LogP contribution >= 0.6 is 0 Å². The number of amidine groups is 1. The van der Waals surface area contributed by atoms with E-state index in [1.54, 1.807) is 0 Å². The van der Waals surface area contributed by atoms with Crippen molar-refractivity contribution in [2.75, 3.05) is 0 Å². The van der Waals surface area contributed by atoms with E-state index in [1.807, 2.05) is 35.1 Å². The Morgan fingerprint density at radius 2 is 1.13 bits per heavy atom. The van der Waals surface area contributed by atoms with Crippen molar-refractivity contribution < 1.29 is 0 Å². The van der Waals surface area contributed by atoms with Crippen LogP contribution in [0.5, 0.6) is 0 Å². The Hall–Kier alpha value is -6.91. The number of aryl methyl sites for hydroxylation is 1. The third-order valence-corrected chi connectivity index (χ3v) is 10.2. The normalized spacial score (nSPS) is 14.4. The summed E-state index contributed by atoms with van der Waals surface area (Å²) in [5.74, 6) is 0.724. The average molecular weight is 695 g/mol. The van der Waals surface area contributed by atoms with Gasteiger partial charge in [-0.15, -0.1) is 0 Å². The molecule has 8 aromatic rings. The lowest BCUT2D eigenvalue weighted by Crippen LogP contribution is -2.05. The number of hydrogen-bond acceptors (Lipinski definition) is 3. The van der Waals surface area contributed by atoms with E-state index in [1.165, 1.54) is 16.7 Å². The first kappa shape index (κ1) is 33.0. The van der Waals surface area contributed by atoms with E-state index in [0.29, 0.717) is 6.42 Å². The maximum Gasteiger partial charge on any atom is 0.155 e. The summed E-state index contributed by atoms with van der Waals surface area (Å²) in [5.41, 5.74) is 15.5. The lowest BCUT2D eigenvalue weighted by Gasteiger charge is -2.17. The highest BCUT2D eigenvalue weighted by atomic mass is 15.3. The molecule has 0 amide bonds. The number of rotatable bonds is 7. The molecule has 0 fully saturated rings. The summed E-state index contributed by atoms with van der Waals surface area (Å²) in [6, 6.07) is 61.6. The second-order valence-corrected chi connectivity index (χ2v) is 13.9. The van der Waals surface area contributed by atoms with Gasteiger partial charge in [-0.3, -0.25) is 4.99 Å². The van der Waals surface area contributed by atoms with Gasteiger partial charge in [-0.2, -0.15) is 5.10 Å². The highest BCUT2D eigenvalue weighted by molar-refractivity contribution is 6.13. The van der Waals surface area contributed by atoms with Crippen LogP contribution in [0.1, 0.15) is 34.7 Å². The van der Waals surface area contributed by atoms with E-state index < -0.39 is 0 Å². The van der Waals surface area contributed by atoms with Crippen LogP contribution in [0.4, 0.5) is 0 Å². The topological polar surface area (TPSA) is 42.5 Å². The second kappa shape index (κ2) is 14.3. The summed E-state index contributed by atoms with van der Waals surface area (Å²) in [6.45, 7) is 6.69. The van der Waals surface area contributed by atoms with E-state index in [4.69, 9.17) is 15.1 Å². The number of nitrogens with zero attached hydrogens (tertiary/aromatic N) is 4. The van der Waals surface area contributed by atoms with Gasteiger partial charge in [-0.25, -0.2) is 9.67 Å². The fourth-order valence-electron chi connectivity index (χ4n) is 7.38. The molecule has 7 aromatic carbocycles. The summed E-state index contributed by atoms with van der Waals surface area (Å²) < 4.78 is 2.03. The molecule has 4 heteroatoms. The maximum atomic E-state index is 5.27. The van der Waals surface area contributed by atoms with Gasteiger partial charge in [0.2, 0.25) is 0 Å². The van der Waals surface area contributed by atoms with Crippen molar-refractivity contribution in [2.45, 2.75) is 19.4 Å². The van der Waals surface area contributed by atoms with Crippen molar-refractivity contribution in [1.29, 1.82) is 0 Å². The molecule has 4 nitrogen and oxygen atoms in total. The molecular formula is C50H38N4. The molecule has 1 aliphatic rings. The number of hydrogen-bond donors (Lipinski definition) is 0. The minimum absolute atomic E-state index is 0.234. The second-order valence-electron chi connectivity index (χ2n) is 13.9. The van der Waals surface area contributed by atoms with Gasteiger partial charge in [0.05, 0.1) is 29.2 Å². The van der Waals surface area contributed by atoms with Crippen molar-refractivity contribution in [2.24, 2.45) is 9.98 Å². The zero-order chi connectivity index (χ0) is 36.4. The molecule has 0 saturated carbocycles. The molecule has 0 aliphatic carbocycles. The smallest absolute Gasteiger partial charge is 0.155 e. The predicted molar refractivity (Wildman–Crippen MR) is 225 cm³/mol. The molecule has 1 aromatic heterocycles. The van der Waals surface area contributed by atoms with Crippen LogP contribution in [0.15, 0.2) is 204 Å². The Bertz CT molecular complexity index is 2720. The van der Waals surface area contributed by atoms with Crippen LogP contribution in [0.25, 0.3) is 50.0 Å². The van der Waals surface area contributed by atoms with E-state index >= 15 is 0 Å². The van der Waals surface area contributed by atoms with E-state index in [-0.39, 0.29) is 6.04 Å². The summed E-state index contributed by atoms with van der Waals surface area (Å²) in [5, 5.41) is 5.93. The molecule has 0 N–H and O–H groups in total. The first-order valence-electron chi connectivity index (χ1n) is 18.4. The zero-order valence-electron chi connectivity index (χ0n) is 30.1. The Balaban J connectivity index is 1.02. The highest BCUT2D eigenvalue weighted by Crippen LogP contribution is 2.35. The van der Waals surface area contributed by atoms with Crippen molar-refractivity contribution in [3.8, 4) is 39.1 Å². The van der Waals surface area contributed by atoms with Gasteiger partial charge in [0.15, 0.2) is 5.84 Å². The molecule has 0 spiro atoms. The Labute approximate surface area is 316 Å². The molecule has 1 aliphatic heterocycles. The van der Waals surface area contributed by atoms with E-state index in [0.717, 1.165) is 72.7 Å². The molecule has 2 heterocycles. The standard InChI is InChI=1S/C50H38N4/c1-34-13-9-18-38(27-34)43-25-26-48-45(31-43)33-51-54(48)46-24-12-22-42(32-46)40-20-10-19-39(29-40)41-21-11-23-44(30-41)49-35(2)28-47(36-14-5-3-6-15-36)52-50(53-49)37-16-7-4-8-17-37/h3-27,29-33,49H,2,28H2,1H3. The molecule has 0 saturated heterocycles. The molecule has 1 unspecified atom stereocenters. The predicted octanol–water partition coefficient (Wildman–Crippen LogP) is 12.3. The minimum Gasteiger partial charge on any atom is -0.253 e. The van der Waals surface area contributed by atoms with Gasteiger partial charge in [0.1, 0.15) is 0 Å². The molecule has 0 radical (unpaired) electrons. The van der Waals surface area contributed by atoms with Crippen LogP contribution < -0.4 is 0 Å². The van der Waals surface area contributed by atoms with Gasteiger partial charge in [-0.05, 0) is 93.4 Å². The zero-order valence-corrected chi connectivity index (χ0v) is 30.1. The third kappa shape index (κ3) is 6.62. The van der Waals surface area contributed by atoms with Crippen LogP contribution in [0.3, 0.4) is 0 Å². The van der Waals surface area contributed by atoms with Crippen LogP contribution in [-0.4, -0.2) is 21.3 Å². The van der Waals surface area contributed by atoms with Gasteiger partial charge >= 0.3 is 0 Å². The molecule has 54 heavy (non-hydrogen) atoms. The number of fused-ring (bicyclic) bond motifs is 1. The SMILES string of the molecule is C=C1CC(c2ccccc2)=NC(c2ccccc2)=NC1c1cccc(-c2cccc(-c3cccc(-n4ncc5cc(-c6cccc(C)c6)ccc54)c3)c2)c1. The summed E-state index contributed by atoms with van der Waals surface area (Å²) in [4.78, 5) is 10.4. The summed E-state index contributed by atoms with van der Waals surface area (Å²) in [7, 11) is 0. The Kier molecular flexibility index (Phi) is 8.70. The van der Waals surface area contributed by atoms with Gasteiger partial charge < -0.3 is 0 Å². The van der Waals surface area contributed by atoms with Gasteiger partial charge in [0, 0.05) is 17.4 Å². The largest absolute Gasteiger partial charge is 0.253 e. The first-order chi connectivity index (χ1) is 26.6. The first-order valence-corrected chi connectivity index (χ1v) is 18.4. The van der Waals surface area contributed by atoms with Crippen molar-refractivity contribution in [1.82, 2.24) is 9.78 Å². The van der Waals surface area contributed by atoms with Crippen molar-refractivity contribution in [3.05, 3.63) is 217 Å². The highest BCUT2D eigenvalue weighted by Gasteiger charge is 2.23. The molecule has 0 bridgehead atoms. The number of aromatic nitrogens is 2. The van der Waals surface area contributed by atoms with E-state index in [2.05, 4.69) is 165 Å². The fourth-order valence-corrected chi connectivity index (χ4v) is 7.38.